The third kappa shape index (κ3) is 3.99. The second-order valence-corrected chi connectivity index (χ2v) is 9.76. The molecule has 4 aromatic rings. The number of carbonyl (C=O) groups excluding carboxylic acids is 1. The lowest BCUT2D eigenvalue weighted by molar-refractivity contribution is -0.135. The van der Waals surface area contributed by atoms with E-state index in [2.05, 4.69) is 26.8 Å². The number of fused-ring (bicyclic) bond motifs is 4. The van der Waals surface area contributed by atoms with Crippen LogP contribution in [0.4, 0.5) is 11.8 Å². The minimum atomic E-state index is -0.482. The summed E-state index contributed by atoms with van der Waals surface area (Å²) in [6.07, 6.45) is 11.1. The number of pyridine rings is 2. The minimum absolute atomic E-state index is 0.274. The number of aliphatic hydroxyl groups excluding tert-OH is 1. The second kappa shape index (κ2) is 8.88. The molecule has 1 aliphatic heterocycles. The first-order chi connectivity index (χ1) is 17.1. The van der Waals surface area contributed by atoms with Crippen LogP contribution in [0.15, 0.2) is 36.8 Å². The molecule has 0 saturated heterocycles. The molecule has 180 valence electrons. The van der Waals surface area contributed by atoms with E-state index < -0.39 is 6.61 Å². The third-order valence-corrected chi connectivity index (χ3v) is 7.49. The normalized spacial score (nSPS) is 20.2. The number of anilines is 2. The van der Waals surface area contributed by atoms with E-state index >= 15 is 0 Å². The zero-order valence-corrected chi connectivity index (χ0v) is 19.8. The lowest BCUT2D eigenvalue weighted by Crippen LogP contribution is -2.38. The lowest BCUT2D eigenvalue weighted by atomic mass is 9.87. The van der Waals surface area contributed by atoms with E-state index in [9.17, 15) is 9.90 Å². The van der Waals surface area contributed by atoms with Crippen LogP contribution in [0.2, 0.25) is 0 Å². The zero-order chi connectivity index (χ0) is 23.9. The number of aromatic nitrogens is 5. The van der Waals surface area contributed by atoms with Gasteiger partial charge in [-0.05, 0) is 55.7 Å². The third-order valence-electron chi connectivity index (χ3n) is 7.49. The average molecular weight is 472 g/mol. The van der Waals surface area contributed by atoms with Crippen LogP contribution >= 0.6 is 0 Å². The highest BCUT2D eigenvalue weighted by atomic mass is 16.3. The van der Waals surface area contributed by atoms with E-state index in [4.69, 9.17) is 9.97 Å². The number of amides is 1. The summed E-state index contributed by atoms with van der Waals surface area (Å²) >= 11 is 0. The van der Waals surface area contributed by atoms with Gasteiger partial charge in [0.05, 0.1) is 24.0 Å². The van der Waals surface area contributed by atoms with Crippen LogP contribution in [-0.2, 0) is 17.8 Å². The molecule has 1 aliphatic carbocycles. The first kappa shape index (κ1) is 21.9. The molecule has 0 spiro atoms. The zero-order valence-electron chi connectivity index (χ0n) is 19.8. The van der Waals surface area contributed by atoms with Crippen molar-refractivity contribution in [1.29, 1.82) is 0 Å². The van der Waals surface area contributed by atoms with Crippen LogP contribution in [0.5, 0.6) is 0 Å². The molecule has 6 rings (SSSR count). The second-order valence-electron chi connectivity index (χ2n) is 9.76. The van der Waals surface area contributed by atoms with Gasteiger partial charge in [0.15, 0.2) is 0 Å². The fourth-order valence-corrected chi connectivity index (χ4v) is 5.50. The predicted octanol–water partition coefficient (Wildman–Crippen LogP) is 3.75. The Bertz CT molecular complexity index is 1410. The fourth-order valence-electron chi connectivity index (χ4n) is 5.50. The van der Waals surface area contributed by atoms with Crippen molar-refractivity contribution in [2.45, 2.75) is 51.6 Å². The molecule has 0 radical (unpaired) electrons. The molecule has 5 heterocycles. The summed E-state index contributed by atoms with van der Waals surface area (Å²) in [5.41, 5.74) is 3.98. The monoisotopic (exact) mass is 471 g/mol. The SMILES string of the molecule is CC1CCC(n2c3cnccc3c3cnc(Nc4ccc5c(n4)CN(C(=O)CO)CC5)nc32)CC1. The molecule has 0 aromatic carbocycles. The van der Waals surface area contributed by atoms with Crippen LogP contribution < -0.4 is 5.32 Å². The minimum Gasteiger partial charge on any atom is -0.387 e. The van der Waals surface area contributed by atoms with Crippen LogP contribution in [0.25, 0.3) is 21.9 Å². The molecule has 9 heteroatoms. The molecule has 2 aliphatic rings. The molecule has 35 heavy (non-hydrogen) atoms. The van der Waals surface area contributed by atoms with Gasteiger partial charge in [0.25, 0.3) is 0 Å². The summed E-state index contributed by atoms with van der Waals surface area (Å²) in [5, 5.41) is 14.6. The predicted molar refractivity (Wildman–Crippen MR) is 133 cm³/mol. The number of carbonyl (C=O) groups is 1. The van der Waals surface area contributed by atoms with Gasteiger partial charge in [-0.3, -0.25) is 9.78 Å². The molecule has 9 nitrogen and oxygen atoms in total. The van der Waals surface area contributed by atoms with E-state index in [0.29, 0.717) is 30.9 Å². The van der Waals surface area contributed by atoms with Gasteiger partial charge >= 0.3 is 0 Å². The van der Waals surface area contributed by atoms with Crippen molar-refractivity contribution < 1.29 is 9.90 Å². The van der Waals surface area contributed by atoms with E-state index in [-0.39, 0.29) is 5.91 Å². The van der Waals surface area contributed by atoms with Crippen LogP contribution in [0, 0.1) is 5.92 Å². The molecule has 1 saturated carbocycles. The van der Waals surface area contributed by atoms with Crippen molar-refractivity contribution in [3.8, 4) is 0 Å². The lowest BCUT2D eigenvalue weighted by Gasteiger charge is -2.28. The van der Waals surface area contributed by atoms with Gasteiger partial charge in [-0.25, -0.2) is 9.97 Å². The Balaban J connectivity index is 1.35. The summed E-state index contributed by atoms with van der Waals surface area (Å²) < 4.78 is 2.36. The van der Waals surface area contributed by atoms with E-state index in [1.54, 1.807) is 4.90 Å². The van der Waals surface area contributed by atoms with E-state index in [1.807, 2.05) is 36.8 Å². The Morgan fingerprint density at radius 2 is 1.97 bits per heavy atom. The van der Waals surface area contributed by atoms with Crippen molar-refractivity contribution in [1.82, 2.24) is 29.4 Å². The van der Waals surface area contributed by atoms with Crippen LogP contribution in [-0.4, -0.2) is 53.6 Å². The molecule has 2 N–H and O–H groups in total. The van der Waals surface area contributed by atoms with Gasteiger partial charge in [-0.2, -0.15) is 4.98 Å². The van der Waals surface area contributed by atoms with Crippen molar-refractivity contribution in [2.24, 2.45) is 5.92 Å². The fraction of sp³-hybridized carbons (Fsp3) is 0.423. The number of aliphatic hydroxyl groups is 1. The van der Waals surface area contributed by atoms with Gasteiger partial charge in [0, 0.05) is 35.8 Å². The molecular weight excluding hydrogens is 442 g/mol. The maximum atomic E-state index is 11.9. The number of rotatable bonds is 4. The molecular formula is C26H29N7O2. The standard InChI is InChI=1S/C26H29N7O2/c1-16-2-5-18(6-3-16)33-22-13-27-10-8-19(22)20-12-28-26(31-25(20)33)30-23-7-4-17-9-11-32(24(35)15-34)14-21(17)29-23/h4,7-8,10,12-13,16,18,34H,2-3,5-6,9,11,14-15H2,1H3,(H,28,29,30,31). The molecule has 0 bridgehead atoms. The van der Waals surface area contributed by atoms with Gasteiger partial charge in [0.2, 0.25) is 11.9 Å². The summed E-state index contributed by atoms with van der Waals surface area (Å²) in [6.45, 7) is 2.84. The summed E-state index contributed by atoms with van der Waals surface area (Å²) in [5.74, 6) is 1.62. The van der Waals surface area contributed by atoms with Crippen molar-refractivity contribution in [2.75, 3.05) is 18.5 Å². The van der Waals surface area contributed by atoms with Crippen molar-refractivity contribution >= 4 is 39.6 Å². The smallest absolute Gasteiger partial charge is 0.248 e. The van der Waals surface area contributed by atoms with Crippen molar-refractivity contribution in [3.05, 3.63) is 48.0 Å². The summed E-state index contributed by atoms with van der Waals surface area (Å²) in [6, 6.07) is 6.41. The van der Waals surface area contributed by atoms with Crippen LogP contribution in [0.1, 0.15) is 49.9 Å². The Hall–Kier alpha value is -3.59. The Kier molecular flexibility index (Phi) is 5.56. The van der Waals surface area contributed by atoms with Crippen molar-refractivity contribution in [3.63, 3.8) is 0 Å². The van der Waals surface area contributed by atoms with Gasteiger partial charge in [-0.1, -0.05) is 13.0 Å². The summed E-state index contributed by atoms with van der Waals surface area (Å²) in [7, 11) is 0. The highest BCUT2D eigenvalue weighted by Gasteiger charge is 2.25. The summed E-state index contributed by atoms with van der Waals surface area (Å²) in [4.78, 5) is 32.3. The molecule has 4 aromatic heterocycles. The Morgan fingerprint density at radius 3 is 2.80 bits per heavy atom. The van der Waals surface area contributed by atoms with Crippen LogP contribution in [0.3, 0.4) is 0 Å². The Labute approximate surface area is 203 Å². The molecule has 1 amide bonds. The molecule has 0 unspecified atom stereocenters. The molecule has 0 atom stereocenters. The topological polar surface area (TPSA) is 109 Å². The quantitative estimate of drug-likeness (QED) is 0.467. The number of hydrogen-bond donors (Lipinski definition) is 2. The number of nitrogens with zero attached hydrogens (tertiary/aromatic N) is 6. The number of hydrogen-bond acceptors (Lipinski definition) is 7. The molecule has 1 fully saturated rings. The maximum absolute atomic E-state index is 11.9. The number of nitrogens with one attached hydrogen (secondary N) is 1. The van der Waals surface area contributed by atoms with Gasteiger partial charge < -0.3 is 19.9 Å². The largest absolute Gasteiger partial charge is 0.387 e. The van der Waals surface area contributed by atoms with Gasteiger partial charge in [0.1, 0.15) is 18.1 Å². The maximum Gasteiger partial charge on any atom is 0.248 e. The Morgan fingerprint density at radius 1 is 1.11 bits per heavy atom. The highest BCUT2D eigenvalue weighted by Crippen LogP contribution is 2.38. The van der Waals surface area contributed by atoms with Gasteiger partial charge in [-0.15, -0.1) is 0 Å². The highest BCUT2D eigenvalue weighted by molar-refractivity contribution is 6.06. The van der Waals surface area contributed by atoms with E-state index in [1.165, 1.54) is 12.8 Å². The first-order valence-corrected chi connectivity index (χ1v) is 12.4. The first-order valence-electron chi connectivity index (χ1n) is 12.4. The average Bonchev–Trinajstić information content (AvgIpc) is 3.22. The van der Waals surface area contributed by atoms with E-state index in [0.717, 1.165) is 58.4 Å².